The van der Waals surface area contributed by atoms with Crippen LogP contribution in [0, 0.1) is 29.6 Å². The molecule has 2 rings (SSSR count). The van der Waals surface area contributed by atoms with Gasteiger partial charge in [-0.25, -0.2) is 0 Å². The summed E-state index contributed by atoms with van der Waals surface area (Å²) in [5.74, 6) is -12.5. The highest BCUT2D eigenvalue weighted by Crippen LogP contribution is 2.21. The molecular weight excluding hydrogens is 1070 g/mol. The number of carbonyl (C=O) groups is 11. The number of nitrogens with two attached hydrogens (primary N) is 5. The summed E-state index contributed by atoms with van der Waals surface area (Å²) in [7, 11) is 0. The number of amides is 7. The van der Waals surface area contributed by atoms with Crippen molar-refractivity contribution in [2.24, 2.45) is 58.3 Å². The van der Waals surface area contributed by atoms with Gasteiger partial charge in [-0.15, -0.1) is 0 Å². The van der Waals surface area contributed by atoms with Crippen LogP contribution in [0.25, 0.3) is 0 Å². The molecule has 468 valence electrons. The van der Waals surface area contributed by atoms with E-state index in [1.165, 1.54) is 13.8 Å². The summed E-state index contributed by atoms with van der Waals surface area (Å²) in [6, 6.07) is 0.220. The minimum absolute atomic E-state index is 0.0103. The summed E-state index contributed by atoms with van der Waals surface area (Å²) in [6.07, 6.45) is -1.47. The average Bonchev–Trinajstić information content (AvgIpc) is 3.48. The number of rotatable bonds is 30. The highest BCUT2D eigenvalue weighted by Gasteiger charge is 2.38. The minimum Gasteiger partial charge on any atom is -0.391 e. The third kappa shape index (κ3) is 26.6. The molecule has 0 radical (unpaired) electrons. The molecule has 0 saturated carbocycles. The molecule has 83 heavy (non-hydrogen) atoms. The molecule has 0 aliphatic carbocycles. The van der Waals surface area contributed by atoms with Crippen LogP contribution in [0.15, 0.2) is 30.3 Å². The van der Waals surface area contributed by atoms with Crippen molar-refractivity contribution in [2.75, 3.05) is 39.3 Å². The first-order valence-corrected chi connectivity index (χ1v) is 29.5. The van der Waals surface area contributed by atoms with E-state index in [4.69, 9.17) is 28.7 Å². The zero-order valence-corrected chi connectivity index (χ0v) is 49.4. The highest BCUT2D eigenvalue weighted by molar-refractivity contribution is 5.99. The number of benzene rings is 1. The van der Waals surface area contributed by atoms with Gasteiger partial charge >= 0.3 is 0 Å². The van der Waals surface area contributed by atoms with Crippen molar-refractivity contribution in [1.29, 1.82) is 0 Å². The number of aliphatic hydroxyl groups excluding tert-OH is 2. The largest absolute Gasteiger partial charge is 0.391 e. The number of hydrogen-bond donors (Lipinski definition) is 14. The van der Waals surface area contributed by atoms with Crippen molar-refractivity contribution in [3.63, 3.8) is 0 Å². The zero-order chi connectivity index (χ0) is 62.2. The smallest absolute Gasteiger partial charge is 0.245 e. The number of nitrogens with one attached hydrogen (secondary N) is 7. The van der Waals surface area contributed by atoms with Crippen molar-refractivity contribution in [2.45, 2.75) is 192 Å². The lowest BCUT2D eigenvalue weighted by atomic mass is 9.89. The average molecular weight is 1170 g/mol. The van der Waals surface area contributed by atoms with Crippen molar-refractivity contribution in [3.8, 4) is 0 Å². The third-order valence-corrected chi connectivity index (χ3v) is 14.7. The fourth-order valence-corrected chi connectivity index (χ4v) is 9.93. The van der Waals surface area contributed by atoms with Gasteiger partial charge in [-0.3, -0.25) is 52.7 Å². The fraction of sp³-hybridized carbons (Fsp3) is 0.707. The van der Waals surface area contributed by atoms with Crippen LogP contribution in [0.5, 0.6) is 0 Å². The number of carbonyl (C=O) groups excluding carboxylic acids is 11. The topological polar surface area (TPSA) is 443 Å². The predicted octanol–water partition coefficient (Wildman–Crippen LogP) is -1.52. The summed E-state index contributed by atoms with van der Waals surface area (Å²) in [4.78, 5) is 154. The van der Waals surface area contributed by atoms with E-state index in [1.54, 1.807) is 30.3 Å². The second-order valence-corrected chi connectivity index (χ2v) is 22.3. The molecule has 7 amide bonds. The standard InChI is InChI=1S/C58H98N12O13/c1-6-7-8-12-15-42(73)30-38(16-22-59)53(78)69-50(35(4)71)49(76)32-40(18-24-61)52(77)67-45-21-27-64-58(83)51(36(5)72)70-54(79)39(17-23-60)31-47(74)43(19-25-62)66-57(82)46(28-34(2)3)68-55(80)41(29-37-13-10-9-11-14-37)33-48(75)44(20-26-63)65-56(45)81/h9-11,13-14,34-36,38-41,43-46,50-51,71-72H,6-8,12,15-33,59-63H2,1-5H3,(H,64,83)(H,65,81)(H,66,82)(H,67,77)(H,68,80)(H,69,78)(H,70,79)/t35-,36-,38-,39-,40-,41+,43+,44+,45+,46+,50+,51+/m1/s1. The summed E-state index contributed by atoms with van der Waals surface area (Å²) in [5, 5.41) is 40.0. The van der Waals surface area contributed by atoms with Gasteiger partial charge in [0.15, 0.2) is 17.3 Å². The Morgan fingerprint density at radius 2 is 1.18 bits per heavy atom. The molecule has 1 saturated heterocycles. The first kappa shape index (κ1) is 73.0. The van der Waals surface area contributed by atoms with Crippen LogP contribution in [0.2, 0.25) is 0 Å². The van der Waals surface area contributed by atoms with E-state index >= 15 is 0 Å². The lowest BCUT2D eigenvalue weighted by Gasteiger charge is -2.28. The highest BCUT2D eigenvalue weighted by atomic mass is 16.3. The second kappa shape index (κ2) is 39.5. The van der Waals surface area contributed by atoms with E-state index in [-0.39, 0.29) is 102 Å². The van der Waals surface area contributed by atoms with Gasteiger partial charge in [0.2, 0.25) is 41.4 Å². The SMILES string of the molecule is CCCCCCC(=O)C[C@@H](CCN)C(=O)N[C@H](C(=O)C[C@@H](CCN)C(=O)N[C@H]1CCNC(=O)[C@H]([C@@H](C)O)NC(=O)[C@H](CCN)CC(=O)[C@H](CCN)NC(=O)[C@H](CC(C)C)NC(=O)[C@@H](Cc2ccccc2)CC(=O)[C@H](CCN)NC1=O)[C@@H](C)O. The fourth-order valence-electron chi connectivity index (χ4n) is 9.93. The third-order valence-electron chi connectivity index (χ3n) is 14.7. The van der Waals surface area contributed by atoms with Crippen LogP contribution in [-0.2, 0) is 59.2 Å². The Balaban J connectivity index is 2.70. The molecule has 1 heterocycles. The number of Topliss-reactive ketones (excluding diaryl/α,β-unsaturated/α-hetero) is 4. The lowest BCUT2D eigenvalue weighted by molar-refractivity contribution is -0.137. The Morgan fingerprint density at radius 1 is 0.627 bits per heavy atom. The molecule has 19 N–H and O–H groups in total. The molecule has 0 unspecified atom stereocenters. The first-order chi connectivity index (χ1) is 39.4. The van der Waals surface area contributed by atoms with Crippen molar-refractivity contribution in [1.82, 2.24) is 37.2 Å². The van der Waals surface area contributed by atoms with Crippen LogP contribution < -0.4 is 65.9 Å². The first-order valence-electron chi connectivity index (χ1n) is 29.5. The van der Waals surface area contributed by atoms with Crippen molar-refractivity contribution in [3.05, 3.63) is 35.9 Å². The van der Waals surface area contributed by atoms with Crippen LogP contribution in [0.3, 0.4) is 0 Å². The molecule has 25 nitrogen and oxygen atoms in total. The monoisotopic (exact) mass is 1170 g/mol. The molecule has 1 aromatic rings. The maximum atomic E-state index is 14.6. The van der Waals surface area contributed by atoms with Crippen molar-refractivity contribution < 1.29 is 63.0 Å². The van der Waals surface area contributed by atoms with E-state index in [1.807, 2.05) is 20.8 Å². The predicted molar refractivity (Wildman–Crippen MR) is 312 cm³/mol. The van der Waals surface area contributed by atoms with Gasteiger partial charge in [0.25, 0.3) is 0 Å². The molecule has 12 atom stereocenters. The molecule has 0 bridgehead atoms. The Morgan fingerprint density at radius 3 is 1.72 bits per heavy atom. The van der Waals surface area contributed by atoms with E-state index < -0.39 is 163 Å². The molecule has 1 fully saturated rings. The molecular formula is C58H98N12O13. The molecule has 1 aromatic carbocycles. The van der Waals surface area contributed by atoms with Crippen LogP contribution in [0.4, 0.5) is 0 Å². The Bertz CT molecular complexity index is 2250. The number of unbranched alkanes of at least 4 members (excludes halogenated alkanes) is 3. The minimum atomic E-state index is -1.62. The van der Waals surface area contributed by atoms with Gasteiger partial charge in [0.1, 0.15) is 30.0 Å². The van der Waals surface area contributed by atoms with E-state index in [0.717, 1.165) is 19.3 Å². The normalized spacial score (nSPS) is 23.0. The van der Waals surface area contributed by atoms with Gasteiger partial charge < -0.3 is 76.1 Å². The lowest BCUT2D eigenvalue weighted by Crippen LogP contribution is -2.56. The number of aliphatic hydroxyl groups is 2. The molecule has 0 aromatic heterocycles. The number of hydrogen-bond acceptors (Lipinski definition) is 18. The van der Waals surface area contributed by atoms with Crippen LogP contribution in [-0.4, -0.2) is 162 Å². The Labute approximate surface area is 488 Å². The molecule has 25 heteroatoms. The van der Waals surface area contributed by atoms with Crippen LogP contribution in [0.1, 0.15) is 143 Å². The summed E-state index contributed by atoms with van der Waals surface area (Å²) in [6.45, 7) is 7.44. The van der Waals surface area contributed by atoms with Gasteiger partial charge in [-0.2, -0.15) is 0 Å². The molecule has 0 spiro atoms. The molecule has 1 aliphatic rings. The number of ketones is 4. The molecule has 1 aliphatic heterocycles. The van der Waals surface area contributed by atoms with Gasteiger partial charge in [-0.1, -0.05) is 70.4 Å². The summed E-state index contributed by atoms with van der Waals surface area (Å²) < 4.78 is 0. The zero-order valence-electron chi connectivity index (χ0n) is 49.4. The Kier molecular flexibility index (Phi) is 34.7. The Hall–Kier alpha value is -6.09. The van der Waals surface area contributed by atoms with Gasteiger partial charge in [0, 0.05) is 62.3 Å². The second-order valence-electron chi connectivity index (χ2n) is 22.3. The van der Waals surface area contributed by atoms with Crippen molar-refractivity contribution >= 4 is 64.5 Å². The van der Waals surface area contributed by atoms with E-state index in [2.05, 4.69) is 37.2 Å². The summed E-state index contributed by atoms with van der Waals surface area (Å²) in [5.41, 5.74) is 30.2. The van der Waals surface area contributed by atoms with Gasteiger partial charge in [0.05, 0.1) is 24.3 Å². The van der Waals surface area contributed by atoms with Gasteiger partial charge in [-0.05, 0) is 116 Å². The van der Waals surface area contributed by atoms with E-state index in [0.29, 0.717) is 12.0 Å². The summed E-state index contributed by atoms with van der Waals surface area (Å²) >= 11 is 0. The maximum absolute atomic E-state index is 14.6. The van der Waals surface area contributed by atoms with E-state index in [9.17, 15) is 63.0 Å². The van der Waals surface area contributed by atoms with Crippen LogP contribution >= 0.6 is 0 Å². The quantitative estimate of drug-likeness (QED) is 0.0389. The maximum Gasteiger partial charge on any atom is 0.245 e.